The maximum Gasteiger partial charge on any atom is 0.220 e. The van der Waals surface area contributed by atoms with Gasteiger partial charge in [0.1, 0.15) is 0 Å². The van der Waals surface area contributed by atoms with Gasteiger partial charge >= 0.3 is 0 Å². The summed E-state index contributed by atoms with van der Waals surface area (Å²) in [7, 11) is 1.78. The summed E-state index contributed by atoms with van der Waals surface area (Å²) in [5, 5.41) is 9.69. The van der Waals surface area contributed by atoms with E-state index in [0.717, 1.165) is 18.8 Å². The quantitative estimate of drug-likeness (QED) is 0.361. The molecule has 0 spiro atoms. The fourth-order valence-electron chi connectivity index (χ4n) is 3.46. The number of nitrogens with zero attached hydrogens (tertiary/aromatic N) is 1. The number of nitrogens with one attached hydrogen (secondary N) is 3. The van der Waals surface area contributed by atoms with E-state index in [0.29, 0.717) is 31.5 Å². The Balaban J connectivity index is 1.57. The Morgan fingerprint density at radius 2 is 1.85 bits per heavy atom. The summed E-state index contributed by atoms with van der Waals surface area (Å²) in [5.74, 6) is 1.57. The number of rotatable bonds is 9. The van der Waals surface area contributed by atoms with Gasteiger partial charge in [-0.25, -0.2) is 0 Å². The Kier molecular flexibility index (Phi) is 9.01. The van der Waals surface area contributed by atoms with Crippen molar-refractivity contribution in [1.82, 2.24) is 16.0 Å². The van der Waals surface area contributed by atoms with Gasteiger partial charge in [0.15, 0.2) is 5.96 Å². The molecule has 2 rings (SSSR count). The maximum atomic E-state index is 11.9. The van der Waals surface area contributed by atoms with Gasteiger partial charge in [-0.3, -0.25) is 9.79 Å². The normalized spacial score (nSPS) is 16.3. The molecule has 0 bridgehead atoms. The summed E-state index contributed by atoms with van der Waals surface area (Å²) in [5.41, 5.74) is 1.36. The first-order chi connectivity index (χ1) is 12.7. The van der Waals surface area contributed by atoms with Crippen molar-refractivity contribution in [3.8, 4) is 0 Å². The number of aryl methyl sites for hydroxylation is 1. The summed E-state index contributed by atoms with van der Waals surface area (Å²) in [6.07, 6.45) is 7.76. The first-order valence-electron chi connectivity index (χ1n) is 9.95. The van der Waals surface area contributed by atoms with Gasteiger partial charge < -0.3 is 16.0 Å². The number of carbonyl (C=O) groups excluding carboxylic acids is 1. The fraction of sp³-hybridized carbons (Fsp3) is 0.619. The van der Waals surface area contributed by atoms with Gasteiger partial charge in [0.05, 0.1) is 0 Å². The van der Waals surface area contributed by atoms with Crippen molar-refractivity contribution in [1.29, 1.82) is 0 Å². The summed E-state index contributed by atoms with van der Waals surface area (Å²) in [6, 6.07) is 10.9. The summed E-state index contributed by atoms with van der Waals surface area (Å²) < 4.78 is 0. The molecule has 1 amide bonds. The molecule has 1 atom stereocenters. The van der Waals surface area contributed by atoms with Crippen molar-refractivity contribution < 1.29 is 4.79 Å². The van der Waals surface area contributed by atoms with Gasteiger partial charge in [0, 0.05) is 32.6 Å². The molecule has 0 radical (unpaired) electrons. The number of carbonyl (C=O) groups is 1. The number of benzene rings is 1. The highest BCUT2D eigenvalue weighted by molar-refractivity contribution is 5.80. The van der Waals surface area contributed by atoms with Crippen molar-refractivity contribution in [2.45, 2.75) is 57.9 Å². The number of hydrogen-bond acceptors (Lipinski definition) is 2. The molecule has 5 nitrogen and oxygen atoms in total. The van der Waals surface area contributed by atoms with Crippen LogP contribution in [0.3, 0.4) is 0 Å². The zero-order chi connectivity index (χ0) is 18.6. The van der Waals surface area contributed by atoms with Crippen LogP contribution in [0.2, 0.25) is 0 Å². The number of aliphatic imine (C=N–C) groups is 1. The molecule has 1 fully saturated rings. The largest absolute Gasteiger partial charge is 0.355 e. The minimum Gasteiger partial charge on any atom is -0.355 e. The molecule has 1 aromatic carbocycles. The van der Waals surface area contributed by atoms with E-state index >= 15 is 0 Å². The van der Waals surface area contributed by atoms with E-state index in [-0.39, 0.29) is 5.91 Å². The van der Waals surface area contributed by atoms with Crippen molar-refractivity contribution in [2.24, 2.45) is 10.9 Å². The Morgan fingerprint density at radius 3 is 2.54 bits per heavy atom. The van der Waals surface area contributed by atoms with Gasteiger partial charge in [-0.2, -0.15) is 0 Å². The van der Waals surface area contributed by atoms with Gasteiger partial charge in [-0.05, 0) is 44.1 Å². The lowest BCUT2D eigenvalue weighted by molar-refractivity contribution is -0.121. The molecule has 1 aliphatic rings. The lowest BCUT2D eigenvalue weighted by Gasteiger charge is -2.18. The van der Waals surface area contributed by atoms with Crippen LogP contribution in [0.1, 0.15) is 51.0 Å². The van der Waals surface area contributed by atoms with E-state index in [4.69, 9.17) is 0 Å². The molecule has 0 aromatic heterocycles. The zero-order valence-electron chi connectivity index (χ0n) is 16.3. The zero-order valence-corrected chi connectivity index (χ0v) is 16.3. The molecule has 1 unspecified atom stereocenters. The van der Waals surface area contributed by atoms with Crippen molar-refractivity contribution in [3.63, 3.8) is 0 Å². The van der Waals surface area contributed by atoms with Gasteiger partial charge in [0.2, 0.25) is 5.91 Å². The van der Waals surface area contributed by atoms with E-state index in [1.165, 1.54) is 31.2 Å². The standard InChI is InChI=1S/C21H34N4O/c1-17(12-13-18-8-4-3-5-9-18)25-21(22-2)24-15-14-23-20(26)16-19-10-6-7-11-19/h3-5,8-9,17,19H,6-7,10-16H2,1-2H3,(H,23,26)(H2,22,24,25). The molecular weight excluding hydrogens is 324 g/mol. The maximum absolute atomic E-state index is 11.9. The van der Waals surface area contributed by atoms with E-state index in [1.54, 1.807) is 7.05 Å². The topological polar surface area (TPSA) is 65.5 Å². The first-order valence-corrected chi connectivity index (χ1v) is 9.95. The second-order valence-corrected chi connectivity index (χ2v) is 7.27. The third-order valence-electron chi connectivity index (χ3n) is 5.00. The third-order valence-corrected chi connectivity index (χ3v) is 5.00. The van der Waals surface area contributed by atoms with Crippen LogP contribution in [0, 0.1) is 5.92 Å². The molecule has 0 heterocycles. The lowest BCUT2D eigenvalue weighted by atomic mass is 10.0. The predicted molar refractivity (Wildman–Crippen MR) is 108 cm³/mol. The Morgan fingerprint density at radius 1 is 1.15 bits per heavy atom. The predicted octanol–water partition coefficient (Wildman–Crippen LogP) is 2.87. The van der Waals surface area contributed by atoms with E-state index < -0.39 is 0 Å². The van der Waals surface area contributed by atoms with Crippen LogP contribution in [-0.4, -0.2) is 38.0 Å². The highest BCUT2D eigenvalue weighted by atomic mass is 16.1. The van der Waals surface area contributed by atoms with Crippen molar-refractivity contribution in [2.75, 3.05) is 20.1 Å². The average molecular weight is 359 g/mol. The fourth-order valence-corrected chi connectivity index (χ4v) is 3.46. The van der Waals surface area contributed by atoms with Crippen LogP contribution in [-0.2, 0) is 11.2 Å². The molecule has 5 heteroatoms. The van der Waals surface area contributed by atoms with Crippen LogP contribution >= 0.6 is 0 Å². The van der Waals surface area contributed by atoms with Gasteiger partial charge in [-0.1, -0.05) is 43.2 Å². The Labute approximate surface area is 158 Å². The molecule has 144 valence electrons. The summed E-state index contributed by atoms with van der Waals surface area (Å²) >= 11 is 0. The van der Waals surface area contributed by atoms with Crippen LogP contribution in [0.25, 0.3) is 0 Å². The molecule has 1 aliphatic carbocycles. The minimum absolute atomic E-state index is 0.179. The average Bonchev–Trinajstić information content (AvgIpc) is 3.16. The molecular formula is C21H34N4O. The number of hydrogen-bond donors (Lipinski definition) is 3. The van der Waals surface area contributed by atoms with Gasteiger partial charge in [-0.15, -0.1) is 0 Å². The molecule has 3 N–H and O–H groups in total. The second-order valence-electron chi connectivity index (χ2n) is 7.27. The number of guanidine groups is 1. The minimum atomic E-state index is 0.179. The summed E-state index contributed by atoms with van der Waals surface area (Å²) in [6.45, 7) is 3.48. The monoisotopic (exact) mass is 358 g/mol. The second kappa shape index (κ2) is 11.6. The third kappa shape index (κ3) is 7.89. The van der Waals surface area contributed by atoms with Crippen LogP contribution in [0.4, 0.5) is 0 Å². The molecule has 1 aromatic rings. The number of amides is 1. The Bertz CT molecular complexity index is 552. The van der Waals surface area contributed by atoms with Crippen molar-refractivity contribution >= 4 is 11.9 Å². The SMILES string of the molecule is CN=C(NCCNC(=O)CC1CCCC1)NC(C)CCc1ccccc1. The van der Waals surface area contributed by atoms with Crippen LogP contribution in [0.5, 0.6) is 0 Å². The molecule has 1 saturated carbocycles. The highest BCUT2D eigenvalue weighted by Gasteiger charge is 2.17. The first kappa shape index (κ1) is 20.3. The lowest BCUT2D eigenvalue weighted by Crippen LogP contribution is -2.45. The van der Waals surface area contributed by atoms with Crippen LogP contribution in [0.15, 0.2) is 35.3 Å². The smallest absolute Gasteiger partial charge is 0.220 e. The van der Waals surface area contributed by atoms with E-state index in [2.05, 4.69) is 52.1 Å². The van der Waals surface area contributed by atoms with E-state index in [9.17, 15) is 4.79 Å². The molecule has 0 saturated heterocycles. The van der Waals surface area contributed by atoms with Gasteiger partial charge in [0.25, 0.3) is 0 Å². The molecule has 0 aliphatic heterocycles. The van der Waals surface area contributed by atoms with Crippen LogP contribution < -0.4 is 16.0 Å². The highest BCUT2D eigenvalue weighted by Crippen LogP contribution is 2.27. The molecule has 26 heavy (non-hydrogen) atoms. The Hall–Kier alpha value is -2.04. The van der Waals surface area contributed by atoms with Crippen molar-refractivity contribution in [3.05, 3.63) is 35.9 Å². The van der Waals surface area contributed by atoms with E-state index in [1.807, 2.05) is 6.07 Å². The summed E-state index contributed by atoms with van der Waals surface area (Å²) in [4.78, 5) is 16.2.